The van der Waals surface area contributed by atoms with Crippen LogP contribution in [0, 0.1) is 0 Å². The SMILES string of the molecule is CCCCCCNc1ccc(C(=O)CC)cc1. The maximum Gasteiger partial charge on any atom is 0.162 e. The molecule has 0 radical (unpaired) electrons. The van der Waals surface area contributed by atoms with Crippen LogP contribution in [0.25, 0.3) is 0 Å². The second-order valence-corrected chi connectivity index (χ2v) is 4.34. The van der Waals surface area contributed by atoms with Crippen LogP contribution in [0.4, 0.5) is 5.69 Å². The maximum absolute atomic E-state index is 11.4. The van der Waals surface area contributed by atoms with Crippen molar-refractivity contribution in [1.82, 2.24) is 0 Å². The Hall–Kier alpha value is -1.31. The summed E-state index contributed by atoms with van der Waals surface area (Å²) in [5, 5.41) is 3.38. The van der Waals surface area contributed by atoms with Gasteiger partial charge in [0.15, 0.2) is 5.78 Å². The van der Waals surface area contributed by atoms with Gasteiger partial charge in [-0.3, -0.25) is 4.79 Å². The number of ketones is 1. The van der Waals surface area contributed by atoms with Crippen LogP contribution in [-0.2, 0) is 0 Å². The van der Waals surface area contributed by atoms with Crippen LogP contribution in [0.1, 0.15) is 56.3 Å². The first-order valence-electron chi connectivity index (χ1n) is 6.65. The zero-order chi connectivity index (χ0) is 12.5. The average Bonchev–Trinajstić information content (AvgIpc) is 2.38. The number of unbranched alkanes of at least 4 members (excludes halogenated alkanes) is 3. The van der Waals surface area contributed by atoms with Crippen molar-refractivity contribution in [2.45, 2.75) is 46.0 Å². The zero-order valence-corrected chi connectivity index (χ0v) is 11.0. The number of anilines is 1. The van der Waals surface area contributed by atoms with Crippen molar-refractivity contribution in [2.75, 3.05) is 11.9 Å². The third-order valence-corrected chi connectivity index (χ3v) is 2.89. The summed E-state index contributed by atoms with van der Waals surface area (Å²) in [5.41, 5.74) is 1.91. The highest BCUT2D eigenvalue weighted by Crippen LogP contribution is 2.11. The molecule has 0 unspecified atom stereocenters. The lowest BCUT2D eigenvalue weighted by molar-refractivity contribution is 0.0988. The topological polar surface area (TPSA) is 29.1 Å². The Morgan fingerprint density at radius 2 is 1.76 bits per heavy atom. The Labute approximate surface area is 104 Å². The molecule has 0 aliphatic heterocycles. The third-order valence-electron chi connectivity index (χ3n) is 2.89. The number of carbonyl (C=O) groups excluding carboxylic acids is 1. The lowest BCUT2D eigenvalue weighted by Crippen LogP contribution is -2.02. The quantitative estimate of drug-likeness (QED) is 0.536. The second-order valence-electron chi connectivity index (χ2n) is 4.34. The number of Topliss-reactive ketones (excluding diaryl/α,β-unsaturated/α-hetero) is 1. The molecule has 1 aromatic carbocycles. The molecule has 0 aliphatic rings. The predicted molar refractivity (Wildman–Crippen MR) is 73.7 cm³/mol. The molecule has 0 aliphatic carbocycles. The van der Waals surface area contributed by atoms with Gasteiger partial charge in [0, 0.05) is 24.2 Å². The van der Waals surface area contributed by atoms with Crippen LogP contribution < -0.4 is 5.32 Å². The Bertz CT molecular complexity index is 329. The van der Waals surface area contributed by atoms with Crippen LogP contribution in [-0.4, -0.2) is 12.3 Å². The first kappa shape index (κ1) is 13.8. The molecular weight excluding hydrogens is 210 g/mol. The first-order valence-corrected chi connectivity index (χ1v) is 6.65. The summed E-state index contributed by atoms with van der Waals surface area (Å²) in [5.74, 6) is 0.208. The van der Waals surface area contributed by atoms with Gasteiger partial charge < -0.3 is 5.32 Å². The lowest BCUT2D eigenvalue weighted by Gasteiger charge is -2.06. The highest BCUT2D eigenvalue weighted by atomic mass is 16.1. The number of nitrogens with one attached hydrogen (secondary N) is 1. The molecule has 0 amide bonds. The summed E-state index contributed by atoms with van der Waals surface area (Å²) >= 11 is 0. The van der Waals surface area contributed by atoms with Gasteiger partial charge in [0.1, 0.15) is 0 Å². The standard InChI is InChI=1S/C15H23NO/c1-3-5-6-7-12-16-14-10-8-13(9-11-14)15(17)4-2/h8-11,16H,3-7,12H2,1-2H3. The van der Waals surface area contributed by atoms with Gasteiger partial charge >= 0.3 is 0 Å². The molecule has 0 atom stereocenters. The smallest absolute Gasteiger partial charge is 0.162 e. The Balaban J connectivity index is 2.33. The summed E-state index contributed by atoms with van der Waals surface area (Å²) in [4.78, 5) is 11.4. The van der Waals surface area contributed by atoms with E-state index in [0.29, 0.717) is 6.42 Å². The minimum absolute atomic E-state index is 0.208. The molecule has 0 fully saturated rings. The molecular formula is C15H23NO. The molecule has 0 aromatic heterocycles. The molecule has 0 bridgehead atoms. The van der Waals surface area contributed by atoms with Crippen LogP contribution in [0.3, 0.4) is 0 Å². The number of benzene rings is 1. The molecule has 2 nitrogen and oxygen atoms in total. The first-order chi connectivity index (χ1) is 8.27. The summed E-state index contributed by atoms with van der Waals surface area (Å²) < 4.78 is 0. The molecule has 17 heavy (non-hydrogen) atoms. The van der Waals surface area contributed by atoms with Crippen LogP contribution >= 0.6 is 0 Å². The monoisotopic (exact) mass is 233 g/mol. The van der Waals surface area contributed by atoms with Crippen LogP contribution in [0.2, 0.25) is 0 Å². The van der Waals surface area contributed by atoms with Gasteiger partial charge in [-0.05, 0) is 30.7 Å². The molecule has 1 N–H and O–H groups in total. The fourth-order valence-corrected chi connectivity index (χ4v) is 1.76. The molecule has 1 aromatic rings. The summed E-state index contributed by atoms with van der Waals surface area (Å²) in [7, 11) is 0. The van der Waals surface area contributed by atoms with Crippen molar-refractivity contribution >= 4 is 11.5 Å². The summed E-state index contributed by atoms with van der Waals surface area (Å²) in [6, 6.07) is 7.78. The van der Waals surface area contributed by atoms with E-state index in [9.17, 15) is 4.79 Å². The zero-order valence-electron chi connectivity index (χ0n) is 11.0. The van der Waals surface area contributed by atoms with E-state index >= 15 is 0 Å². The molecule has 0 heterocycles. The molecule has 0 saturated heterocycles. The van der Waals surface area contributed by atoms with Gasteiger partial charge in [-0.15, -0.1) is 0 Å². The molecule has 0 saturated carbocycles. The highest BCUT2D eigenvalue weighted by Gasteiger charge is 2.01. The Morgan fingerprint density at radius 1 is 1.06 bits per heavy atom. The van der Waals surface area contributed by atoms with Gasteiger partial charge in [0.25, 0.3) is 0 Å². The van der Waals surface area contributed by atoms with Crippen molar-refractivity contribution in [3.8, 4) is 0 Å². The van der Waals surface area contributed by atoms with Gasteiger partial charge in [-0.25, -0.2) is 0 Å². The number of hydrogen-bond donors (Lipinski definition) is 1. The minimum atomic E-state index is 0.208. The van der Waals surface area contributed by atoms with Crippen molar-refractivity contribution in [3.63, 3.8) is 0 Å². The van der Waals surface area contributed by atoms with E-state index in [2.05, 4.69) is 12.2 Å². The molecule has 2 heteroatoms. The molecule has 94 valence electrons. The van der Waals surface area contributed by atoms with Gasteiger partial charge in [0.05, 0.1) is 0 Å². The average molecular weight is 233 g/mol. The Kier molecular flexibility index (Phi) is 6.38. The van der Waals surface area contributed by atoms with Gasteiger partial charge in [-0.2, -0.15) is 0 Å². The third kappa shape index (κ3) is 5.03. The fourth-order valence-electron chi connectivity index (χ4n) is 1.76. The van der Waals surface area contributed by atoms with Gasteiger partial charge in [-0.1, -0.05) is 33.1 Å². The van der Waals surface area contributed by atoms with E-state index in [0.717, 1.165) is 17.8 Å². The number of rotatable bonds is 8. The maximum atomic E-state index is 11.4. The second kappa shape index (κ2) is 7.88. The number of hydrogen-bond acceptors (Lipinski definition) is 2. The van der Waals surface area contributed by atoms with Crippen LogP contribution in [0.15, 0.2) is 24.3 Å². The minimum Gasteiger partial charge on any atom is -0.385 e. The predicted octanol–water partition coefficient (Wildman–Crippen LogP) is 4.27. The van der Waals surface area contributed by atoms with E-state index in [1.807, 2.05) is 31.2 Å². The van der Waals surface area contributed by atoms with E-state index in [-0.39, 0.29) is 5.78 Å². The van der Waals surface area contributed by atoms with Crippen molar-refractivity contribution in [1.29, 1.82) is 0 Å². The Morgan fingerprint density at radius 3 is 2.35 bits per heavy atom. The summed E-state index contributed by atoms with van der Waals surface area (Å²) in [6.07, 6.45) is 5.66. The summed E-state index contributed by atoms with van der Waals surface area (Å²) in [6.45, 7) is 5.13. The van der Waals surface area contributed by atoms with Crippen molar-refractivity contribution < 1.29 is 4.79 Å². The molecule has 0 spiro atoms. The van der Waals surface area contributed by atoms with E-state index in [1.54, 1.807) is 0 Å². The number of carbonyl (C=O) groups is 1. The van der Waals surface area contributed by atoms with Crippen LogP contribution in [0.5, 0.6) is 0 Å². The fraction of sp³-hybridized carbons (Fsp3) is 0.533. The van der Waals surface area contributed by atoms with Crippen molar-refractivity contribution in [3.05, 3.63) is 29.8 Å². The lowest BCUT2D eigenvalue weighted by atomic mass is 10.1. The van der Waals surface area contributed by atoms with Gasteiger partial charge in [0.2, 0.25) is 0 Å². The normalized spacial score (nSPS) is 10.2. The largest absolute Gasteiger partial charge is 0.385 e. The van der Waals surface area contributed by atoms with E-state index < -0.39 is 0 Å². The van der Waals surface area contributed by atoms with E-state index in [4.69, 9.17) is 0 Å². The highest BCUT2D eigenvalue weighted by molar-refractivity contribution is 5.96. The van der Waals surface area contributed by atoms with Crippen molar-refractivity contribution in [2.24, 2.45) is 0 Å². The molecule has 1 rings (SSSR count). The van der Waals surface area contributed by atoms with E-state index in [1.165, 1.54) is 25.7 Å².